The number of furan rings is 1. The number of rotatable bonds is 3. The van der Waals surface area contributed by atoms with Crippen LogP contribution in [0.15, 0.2) is 108 Å². The van der Waals surface area contributed by atoms with Crippen LogP contribution in [-0.2, 0) is 6.18 Å². The third kappa shape index (κ3) is 6.47. The van der Waals surface area contributed by atoms with Crippen molar-refractivity contribution in [1.82, 2.24) is 0 Å². The standard InChI is InChI=1S/C19H14F3NO2.C16H14O/c1-11-6-14(19(20,21)22)10-15(7-11)23-18(25)16-8-12-4-2-3-5-13(12)9-17(16)24;1-11-3-6-13(7-4-11)16-10-14-9-12(2)5-8-15(14)17-16/h2-10,24H,1H3,(H,23,25);3-10H,1-2H3. The van der Waals surface area contributed by atoms with E-state index in [1.54, 1.807) is 24.3 Å². The van der Waals surface area contributed by atoms with Crippen LogP contribution in [0.1, 0.15) is 32.6 Å². The minimum atomic E-state index is -4.50. The second-order valence-corrected chi connectivity index (χ2v) is 10.3. The molecule has 2 N–H and O–H groups in total. The largest absolute Gasteiger partial charge is 0.507 e. The number of fused-ring (bicyclic) bond motifs is 2. The summed E-state index contributed by atoms with van der Waals surface area (Å²) in [6, 6.07) is 30.2. The van der Waals surface area contributed by atoms with Crippen molar-refractivity contribution in [3.8, 4) is 17.1 Å². The lowest BCUT2D eigenvalue weighted by Crippen LogP contribution is -2.14. The zero-order valence-electron chi connectivity index (χ0n) is 23.2. The van der Waals surface area contributed by atoms with Crippen molar-refractivity contribution < 1.29 is 27.5 Å². The zero-order chi connectivity index (χ0) is 30.0. The number of benzene rings is 5. The molecule has 1 aromatic heterocycles. The highest BCUT2D eigenvalue weighted by atomic mass is 19.4. The maximum Gasteiger partial charge on any atom is 0.416 e. The van der Waals surface area contributed by atoms with E-state index in [2.05, 4.69) is 61.6 Å². The zero-order valence-corrected chi connectivity index (χ0v) is 23.2. The molecule has 42 heavy (non-hydrogen) atoms. The molecule has 0 radical (unpaired) electrons. The molecule has 0 unspecified atom stereocenters. The van der Waals surface area contributed by atoms with Gasteiger partial charge in [0.25, 0.3) is 5.91 Å². The number of halogens is 3. The number of anilines is 1. The fourth-order valence-electron chi connectivity index (χ4n) is 4.65. The van der Waals surface area contributed by atoms with Gasteiger partial charge in [0, 0.05) is 16.6 Å². The number of aryl methyl sites for hydroxylation is 3. The molecule has 0 aliphatic rings. The molecule has 0 aliphatic carbocycles. The van der Waals surface area contributed by atoms with Crippen LogP contribution in [0.5, 0.6) is 5.75 Å². The van der Waals surface area contributed by atoms with Crippen LogP contribution in [0.3, 0.4) is 0 Å². The third-order valence-electron chi connectivity index (χ3n) is 6.78. The molecule has 0 atom stereocenters. The SMILES string of the molecule is Cc1cc(NC(=O)c2cc3ccccc3cc2O)cc(C(F)(F)F)c1.Cc1ccc(-c2cc3cc(C)ccc3o2)cc1. The fourth-order valence-corrected chi connectivity index (χ4v) is 4.65. The summed E-state index contributed by atoms with van der Waals surface area (Å²) < 4.78 is 44.5. The van der Waals surface area contributed by atoms with Crippen molar-refractivity contribution in [2.45, 2.75) is 26.9 Å². The lowest BCUT2D eigenvalue weighted by Gasteiger charge is -2.12. The first-order chi connectivity index (χ1) is 20.0. The number of aromatic hydroxyl groups is 1. The van der Waals surface area contributed by atoms with E-state index in [4.69, 9.17) is 4.42 Å². The van der Waals surface area contributed by atoms with Gasteiger partial charge in [0.05, 0.1) is 11.1 Å². The van der Waals surface area contributed by atoms with Gasteiger partial charge in [-0.3, -0.25) is 4.79 Å². The smallest absolute Gasteiger partial charge is 0.416 e. The maximum absolute atomic E-state index is 12.9. The molecule has 4 nitrogen and oxygen atoms in total. The molecule has 0 aliphatic heterocycles. The minimum Gasteiger partial charge on any atom is -0.507 e. The number of carbonyl (C=O) groups excluding carboxylic acids is 1. The van der Waals surface area contributed by atoms with Crippen molar-refractivity contribution in [3.63, 3.8) is 0 Å². The Hall–Kier alpha value is -5.04. The number of hydrogen-bond donors (Lipinski definition) is 2. The van der Waals surface area contributed by atoms with E-state index in [1.165, 1.54) is 41.6 Å². The number of phenols is 1. The average molecular weight is 568 g/mol. The Labute approximate surface area is 241 Å². The van der Waals surface area contributed by atoms with Crippen LogP contribution in [0, 0.1) is 20.8 Å². The van der Waals surface area contributed by atoms with E-state index >= 15 is 0 Å². The Balaban J connectivity index is 0.000000180. The monoisotopic (exact) mass is 567 g/mol. The van der Waals surface area contributed by atoms with Gasteiger partial charge in [-0.05, 0) is 85.6 Å². The molecule has 0 saturated carbocycles. The van der Waals surface area contributed by atoms with E-state index in [0.29, 0.717) is 5.56 Å². The quantitative estimate of drug-likeness (QED) is 0.224. The predicted molar refractivity (Wildman–Crippen MR) is 161 cm³/mol. The predicted octanol–water partition coefficient (Wildman–Crippen LogP) is 9.84. The molecule has 0 spiro atoms. The van der Waals surface area contributed by atoms with Gasteiger partial charge in [-0.1, -0.05) is 65.7 Å². The normalized spacial score (nSPS) is 11.3. The van der Waals surface area contributed by atoms with E-state index in [0.717, 1.165) is 39.8 Å². The topological polar surface area (TPSA) is 62.5 Å². The van der Waals surface area contributed by atoms with Gasteiger partial charge in [-0.25, -0.2) is 0 Å². The summed E-state index contributed by atoms with van der Waals surface area (Å²) in [5.41, 5.74) is 4.14. The van der Waals surface area contributed by atoms with Crippen LogP contribution in [0.2, 0.25) is 0 Å². The summed E-state index contributed by atoms with van der Waals surface area (Å²) in [5, 5.41) is 15.1. The highest BCUT2D eigenvalue weighted by Crippen LogP contribution is 2.33. The van der Waals surface area contributed by atoms with Crippen molar-refractivity contribution in [1.29, 1.82) is 0 Å². The van der Waals surface area contributed by atoms with E-state index in [1.807, 2.05) is 6.07 Å². The Morgan fingerprint density at radius 2 is 1.38 bits per heavy atom. The highest BCUT2D eigenvalue weighted by Gasteiger charge is 2.31. The van der Waals surface area contributed by atoms with Crippen LogP contribution in [0.4, 0.5) is 18.9 Å². The molecule has 1 amide bonds. The molecule has 5 aromatic carbocycles. The van der Waals surface area contributed by atoms with Gasteiger partial charge < -0.3 is 14.8 Å². The third-order valence-corrected chi connectivity index (χ3v) is 6.78. The summed E-state index contributed by atoms with van der Waals surface area (Å²) in [6.07, 6.45) is -4.50. The van der Waals surface area contributed by atoms with Crippen molar-refractivity contribution >= 4 is 33.3 Å². The summed E-state index contributed by atoms with van der Waals surface area (Å²) in [4.78, 5) is 12.4. The van der Waals surface area contributed by atoms with Crippen molar-refractivity contribution in [2.24, 2.45) is 0 Å². The van der Waals surface area contributed by atoms with Gasteiger partial charge in [-0.2, -0.15) is 13.2 Å². The molecule has 6 aromatic rings. The van der Waals surface area contributed by atoms with Gasteiger partial charge >= 0.3 is 6.18 Å². The Morgan fingerprint density at radius 3 is 2.07 bits per heavy atom. The number of phenolic OH excluding ortho intramolecular Hbond substituents is 1. The van der Waals surface area contributed by atoms with Crippen molar-refractivity contribution in [3.05, 3.63) is 131 Å². The van der Waals surface area contributed by atoms with Gasteiger partial charge in [0.15, 0.2) is 0 Å². The van der Waals surface area contributed by atoms with Crippen LogP contribution in [0.25, 0.3) is 33.1 Å². The second-order valence-electron chi connectivity index (χ2n) is 10.3. The molecular formula is C35H28F3NO3. The first kappa shape index (κ1) is 28.5. The van der Waals surface area contributed by atoms with Gasteiger partial charge in [0.1, 0.15) is 17.1 Å². The summed E-state index contributed by atoms with van der Waals surface area (Å²) >= 11 is 0. The molecule has 212 valence electrons. The maximum atomic E-state index is 12.9. The van der Waals surface area contributed by atoms with Gasteiger partial charge in [0.2, 0.25) is 0 Å². The van der Waals surface area contributed by atoms with E-state index < -0.39 is 17.6 Å². The number of alkyl halides is 3. The van der Waals surface area contributed by atoms with Gasteiger partial charge in [-0.15, -0.1) is 0 Å². The van der Waals surface area contributed by atoms with Crippen LogP contribution < -0.4 is 5.32 Å². The lowest BCUT2D eigenvalue weighted by atomic mass is 10.0. The summed E-state index contributed by atoms with van der Waals surface area (Å²) in [5.74, 6) is 0.0208. The first-order valence-corrected chi connectivity index (χ1v) is 13.3. The first-order valence-electron chi connectivity index (χ1n) is 13.3. The summed E-state index contributed by atoms with van der Waals surface area (Å²) in [7, 11) is 0. The van der Waals surface area contributed by atoms with E-state index in [9.17, 15) is 23.1 Å². The molecular weight excluding hydrogens is 539 g/mol. The molecule has 0 saturated heterocycles. The highest BCUT2D eigenvalue weighted by molar-refractivity contribution is 6.08. The molecule has 6 rings (SSSR count). The Bertz CT molecular complexity index is 1900. The molecule has 0 bridgehead atoms. The summed E-state index contributed by atoms with van der Waals surface area (Å²) in [6.45, 7) is 5.70. The minimum absolute atomic E-state index is 0.00577. The number of amides is 1. The average Bonchev–Trinajstić information content (AvgIpc) is 3.36. The molecule has 0 fully saturated rings. The lowest BCUT2D eigenvalue weighted by molar-refractivity contribution is -0.137. The van der Waals surface area contributed by atoms with Crippen LogP contribution in [-0.4, -0.2) is 11.0 Å². The Morgan fingerprint density at radius 1 is 0.714 bits per heavy atom. The molecule has 1 heterocycles. The second kappa shape index (κ2) is 11.4. The Kier molecular flexibility index (Phi) is 7.77. The number of hydrogen-bond acceptors (Lipinski definition) is 3. The molecule has 7 heteroatoms. The van der Waals surface area contributed by atoms with Crippen LogP contribution >= 0.6 is 0 Å². The number of carbonyl (C=O) groups is 1. The van der Waals surface area contributed by atoms with Crippen molar-refractivity contribution in [2.75, 3.05) is 5.32 Å². The number of nitrogens with one attached hydrogen (secondary N) is 1. The fraction of sp³-hybridized carbons (Fsp3) is 0.114. The van der Waals surface area contributed by atoms with E-state index in [-0.39, 0.29) is 17.0 Å².